The maximum absolute atomic E-state index is 4.91. The van der Waals surface area contributed by atoms with Crippen LogP contribution in [0.25, 0.3) is 0 Å². The van der Waals surface area contributed by atoms with Gasteiger partial charge in [-0.05, 0) is 25.2 Å². The van der Waals surface area contributed by atoms with E-state index in [1.165, 1.54) is 50.0 Å². The highest BCUT2D eigenvalue weighted by Crippen LogP contribution is 2.39. The molecule has 1 aromatic heterocycles. The van der Waals surface area contributed by atoms with Gasteiger partial charge in [-0.1, -0.05) is 33.1 Å². The van der Waals surface area contributed by atoms with Crippen LogP contribution in [0.1, 0.15) is 70.0 Å². The molecule has 0 spiro atoms. The van der Waals surface area contributed by atoms with E-state index in [-0.39, 0.29) is 0 Å². The van der Waals surface area contributed by atoms with Gasteiger partial charge in [0.1, 0.15) is 5.82 Å². The number of anilines is 1. The van der Waals surface area contributed by atoms with Crippen molar-refractivity contribution in [3.8, 4) is 0 Å². The predicted molar refractivity (Wildman–Crippen MR) is 75.0 cm³/mol. The lowest BCUT2D eigenvalue weighted by atomic mass is 9.83. The van der Waals surface area contributed by atoms with E-state index in [0.717, 1.165) is 12.5 Å². The van der Waals surface area contributed by atoms with Gasteiger partial charge in [0.2, 0.25) is 0 Å². The Morgan fingerprint density at radius 2 is 2.28 bits per heavy atom. The third-order valence-electron chi connectivity index (χ3n) is 4.71. The molecule has 18 heavy (non-hydrogen) atoms. The molecule has 1 N–H and O–H groups in total. The van der Waals surface area contributed by atoms with Crippen molar-refractivity contribution in [3.63, 3.8) is 0 Å². The van der Waals surface area contributed by atoms with Crippen molar-refractivity contribution in [2.75, 3.05) is 11.9 Å². The molecule has 1 saturated carbocycles. The summed E-state index contributed by atoms with van der Waals surface area (Å²) in [5.41, 5.74) is 1.28. The summed E-state index contributed by atoms with van der Waals surface area (Å²) >= 11 is 0. The van der Waals surface area contributed by atoms with Gasteiger partial charge in [0.25, 0.3) is 0 Å². The van der Waals surface area contributed by atoms with Gasteiger partial charge in [-0.25, -0.2) is 4.68 Å². The van der Waals surface area contributed by atoms with Crippen LogP contribution >= 0.6 is 0 Å². The highest BCUT2D eigenvalue weighted by molar-refractivity contribution is 5.40. The largest absolute Gasteiger partial charge is 0.370 e. The van der Waals surface area contributed by atoms with Crippen molar-refractivity contribution in [2.24, 2.45) is 5.92 Å². The molecule has 0 amide bonds. The molecule has 3 atom stereocenters. The van der Waals surface area contributed by atoms with Crippen molar-refractivity contribution in [2.45, 2.75) is 64.3 Å². The lowest BCUT2D eigenvalue weighted by Crippen LogP contribution is -2.35. The smallest absolute Gasteiger partial charge is 0.124 e. The fourth-order valence-electron chi connectivity index (χ4n) is 3.60. The fraction of sp³-hybridized carbons (Fsp3) is 0.800. The minimum Gasteiger partial charge on any atom is -0.370 e. The standard InChI is InChI=1S/C15H25N3/c1-3-6-11(2)13-9-15-16-10-12-7-4-5-8-14(12)18(15)17-13/h9,11-12,14,16H,3-8,10H2,1-2H3. The molecule has 2 aliphatic rings. The van der Waals surface area contributed by atoms with Crippen LogP contribution in [0.3, 0.4) is 0 Å². The SMILES string of the molecule is CCCC(C)c1cc2n(n1)C1CCCCC1CN2. The summed E-state index contributed by atoms with van der Waals surface area (Å²) in [6.45, 7) is 5.70. The Kier molecular flexibility index (Phi) is 3.31. The van der Waals surface area contributed by atoms with Crippen LogP contribution in [-0.2, 0) is 0 Å². The zero-order chi connectivity index (χ0) is 12.5. The molecule has 1 aliphatic carbocycles. The fourth-order valence-corrected chi connectivity index (χ4v) is 3.60. The van der Waals surface area contributed by atoms with Crippen LogP contribution in [0.2, 0.25) is 0 Å². The molecule has 3 nitrogen and oxygen atoms in total. The summed E-state index contributed by atoms with van der Waals surface area (Å²) in [6, 6.07) is 2.95. The molecule has 0 saturated heterocycles. The number of rotatable bonds is 3. The normalized spacial score (nSPS) is 28.1. The van der Waals surface area contributed by atoms with Gasteiger partial charge in [0.05, 0.1) is 11.7 Å². The number of hydrogen-bond donors (Lipinski definition) is 1. The van der Waals surface area contributed by atoms with Gasteiger partial charge in [-0.3, -0.25) is 0 Å². The van der Waals surface area contributed by atoms with Crippen LogP contribution in [0.5, 0.6) is 0 Å². The Hall–Kier alpha value is -0.990. The molecular weight excluding hydrogens is 222 g/mol. The van der Waals surface area contributed by atoms with E-state index in [2.05, 4.69) is 29.9 Å². The van der Waals surface area contributed by atoms with E-state index in [4.69, 9.17) is 5.10 Å². The summed E-state index contributed by atoms with van der Waals surface area (Å²) in [5, 5.41) is 8.49. The van der Waals surface area contributed by atoms with Crippen molar-refractivity contribution < 1.29 is 0 Å². The van der Waals surface area contributed by atoms with Crippen LogP contribution < -0.4 is 5.32 Å². The predicted octanol–water partition coefficient (Wildman–Crippen LogP) is 3.94. The minimum atomic E-state index is 0.594. The second-order valence-electron chi connectivity index (χ2n) is 6.08. The van der Waals surface area contributed by atoms with Gasteiger partial charge >= 0.3 is 0 Å². The van der Waals surface area contributed by atoms with E-state index < -0.39 is 0 Å². The minimum absolute atomic E-state index is 0.594. The maximum Gasteiger partial charge on any atom is 0.124 e. The molecule has 1 aromatic rings. The van der Waals surface area contributed by atoms with Gasteiger partial charge in [0, 0.05) is 18.5 Å². The maximum atomic E-state index is 4.91. The van der Waals surface area contributed by atoms with Gasteiger partial charge in [0.15, 0.2) is 0 Å². The average Bonchev–Trinajstić information content (AvgIpc) is 2.83. The first-order chi connectivity index (χ1) is 8.79. The van der Waals surface area contributed by atoms with Crippen LogP contribution in [0, 0.1) is 5.92 Å². The lowest BCUT2D eigenvalue weighted by molar-refractivity contribution is 0.221. The second kappa shape index (κ2) is 4.94. The molecule has 0 bridgehead atoms. The van der Waals surface area contributed by atoms with Gasteiger partial charge < -0.3 is 5.32 Å². The van der Waals surface area contributed by atoms with Crippen LogP contribution in [0.15, 0.2) is 6.07 Å². The van der Waals surface area contributed by atoms with E-state index in [0.29, 0.717) is 12.0 Å². The first-order valence-electron chi connectivity index (χ1n) is 7.63. The van der Waals surface area contributed by atoms with Crippen molar-refractivity contribution in [1.82, 2.24) is 9.78 Å². The molecule has 3 unspecified atom stereocenters. The number of nitrogens with one attached hydrogen (secondary N) is 1. The monoisotopic (exact) mass is 247 g/mol. The number of nitrogens with zero attached hydrogens (tertiary/aromatic N) is 2. The molecule has 1 fully saturated rings. The van der Waals surface area contributed by atoms with Crippen LogP contribution in [-0.4, -0.2) is 16.3 Å². The van der Waals surface area contributed by atoms with Crippen molar-refractivity contribution in [1.29, 1.82) is 0 Å². The zero-order valence-corrected chi connectivity index (χ0v) is 11.7. The molecule has 1 aliphatic heterocycles. The summed E-state index contributed by atoms with van der Waals surface area (Å²) in [6.07, 6.45) is 7.95. The quantitative estimate of drug-likeness (QED) is 0.876. The highest BCUT2D eigenvalue weighted by Gasteiger charge is 2.32. The van der Waals surface area contributed by atoms with E-state index >= 15 is 0 Å². The molecule has 2 heterocycles. The Morgan fingerprint density at radius 3 is 3.11 bits per heavy atom. The van der Waals surface area contributed by atoms with E-state index in [1.54, 1.807) is 0 Å². The van der Waals surface area contributed by atoms with Gasteiger partial charge in [-0.2, -0.15) is 5.10 Å². The first kappa shape index (κ1) is 12.1. The molecule has 0 radical (unpaired) electrons. The van der Waals surface area contributed by atoms with Crippen molar-refractivity contribution in [3.05, 3.63) is 11.8 Å². The third-order valence-corrected chi connectivity index (χ3v) is 4.71. The summed E-state index contributed by atoms with van der Waals surface area (Å²) in [5.74, 6) is 2.66. The topological polar surface area (TPSA) is 29.9 Å². The zero-order valence-electron chi connectivity index (χ0n) is 11.7. The molecule has 3 heteroatoms. The second-order valence-corrected chi connectivity index (χ2v) is 6.08. The summed E-state index contributed by atoms with van der Waals surface area (Å²) in [4.78, 5) is 0. The van der Waals surface area contributed by atoms with E-state index in [9.17, 15) is 0 Å². The average molecular weight is 247 g/mol. The number of aromatic nitrogens is 2. The highest BCUT2D eigenvalue weighted by atomic mass is 15.4. The summed E-state index contributed by atoms with van der Waals surface area (Å²) < 4.78 is 2.30. The van der Waals surface area contributed by atoms with Crippen molar-refractivity contribution >= 4 is 5.82 Å². The number of hydrogen-bond acceptors (Lipinski definition) is 2. The Morgan fingerprint density at radius 1 is 1.44 bits per heavy atom. The molecule has 0 aromatic carbocycles. The molecular formula is C15H25N3. The Bertz CT molecular complexity index is 410. The third kappa shape index (κ3) is 2.04. The van der Waals surface area contributed by atoms with Gasteiger partial charge in [-0.15, -0.1) is 0 Å². The first-order valence-corrected chi connectivity index (χ1v) is 7.63. The molecule has 100 valence electrons. The Labute approximate surface area is 110 Å². The summed E-state index contributed by atoms with van der Waals surface area (Å²) in [7, 11) is 0. The van der Waals surface area contributed by atoms with E-state index in [1.807, 2.05) is 0 Å². The van der Waals surface area contributed by atoms with Crippen LogP contribution in [0.4, 0.5) is 5.82 Å². The lowest BCUT2D eigenvalue weighted by Gasteiger charge is -2.36. The Balaban J connectivity index is 1.85. The molecule has 3 rings (SSSR count). The number of fused-ring (bicyclic) bond motifs is 3.